The molecule has 1 aromatic rings. The molecule has 136 valence electrons. The summed E-state index contributed by atoms with van der Waals surface area (Å²) in [4.78, 5) is 12.6. The van der Waals surface area contributed by atoms with Crippen LogP contribution in [-0.4, -0.2) is 22.6 Å². The van der Waals surface area contributed by atoms with Crippen molar-refractivity contribution in [2.45, 2.75) is 77.8 Å². The molecule has 0 amide bonds. The zero-order chi connectivity index (χ0) is 19.0. The van der Waals surface area contributed by atoms with Crippen molar-refractivity contribution >= 4 is 22.6 Å². The van der Waals surface area contributed by atoms with Gasteiger partial charge in [-0.2, -0.15) is 0 Å². The maximum atomic E-state index is 12.6. The second-order valence-electron chi connectivity index (χ2n) is 9.54. The molecule has 1 rings (SSSR count). The van der Waals surface area contributed by atoms with E-state index in [1.165, 1.54) is 0 Å². The first-order chi connectivity index (χ1) is 10.6. The van der Waals surface area contributed by atoms with Crippen LogP contribution in [0.15, 0.2) is 24.3 Å². The standard InChI is InChI=1S/C19H34O3Si2/c1-18(2,3)23(7,8)21-16-13-11-12-15(14-16)17(20)22-24(9,10)19(4,5)6/h11-14H,1-10H3. The number of benzene rings is 1. The Morgan fingerprint density at radius 2 is 1.38 bits per heavy atom. The number of hydrogen-bond donors (Lipinski definition) is 0. The van der Waals surface area contributed by atoms with Gasteiger partial charge in [0.1, 0.15) is 5.75 Å². The largest absolute Gasteiger partial charge is 0.543 e. The Kier molecular flexibility index (Phi) is 5.83. The minimum absolute atomic E-state index is 0.00207. The number of rotatable bonds is 4. The Morgan fingerprint density at radius 1 is 0.875 bits per heavy atom. The molecule has 0 bridgehead atoms. The number of carbonyl (C=O) groups excluding carboxylic acids is 1. The summed E-state index contributed by atoms with van der Waals surface area (Å²) in [6.45, 7) is 21.6. The molecule has 3 nitrogen and oxygen atoms in total. The average Bonchev–Trinajstić information content (AvgIpc) is 2.35. The van der Waals surface area contributed by atoms with Crippen molar-refractivity contribution in [3.63, 3.8) is 0 Å². The van der Waals surface area contributed by atoms with Gasteiger partial charge in [-0.05, 0) is 54.5 Å². The van der Waals surface area contributed by atoms with Crippen LogP contribution >= 0.6 is 0 Å². The molecule has 1 aromatic carbocycles. The second-order valence-corrected chi connectivity index (χ2v) is 19.0. The third kappa shape index (κ3) is 4.96. The highest BCUT2D eigenvalue weighted by atomic mass is 28.4. The Balaban J connectivity index is 2.99. The van der Waals surface area contributed by atoms with Crippen LogP contribution in [0.3, 0.4) is 0 Å². The first kappa shape index (κ1) is 21.0. The van der Waals surface area contributed by atoms with Crippen LogP contribution in [0.25, 0.3) is 0 Å². The lowest BCUT2D eigenvalue weighted by Crippen LogP contribution is -2.44. The van der Waals surface area contributed by atoms with Gasteiger partial charge in [0.25, 0.3) is 8.32 Å². The third-order valence-electron chi connectivity index (χ3n) is 5.40. The van der Waals surface area contributed by atoms with Crippen molar-refractivity contribution in [2.75, 3.05) is 0 Å². The molecular weight excluding hydrogens is 332 g/mol. The van der Waals surface area contributed by atoms with Crippen LogP contribution in [0.5, 0.6) is 5.75 Å². The minimum atomic E-state index is -2.13. The zero-order valence-electron chi connectivity index (χ0n) is 17.0. The SMILES string of the molecule is CC(C)(C)[Si](C)(C)OC(=O)c1cccc(O[Si](C)(C)C(C)(C)C)c1. The summed E-state index contributed by atoms with van der Waals surface area (Å²) in [6, 6.07) is 7.40. The molecule has 0 aliphatic heterocycles. The molecule has 5 heteroatoms. The lowest BCUT2D eigenvalue weighted by Gasteiger charge is -2.36. The molecule has 0 unspecified atom stereocenters. The van der Waals surface area contributed by atoms with E-state index in [1.807, 2.05) is 18.2 Å². The van der Waals surface area contributed by atoms with Gasteiger partial charge in [-0.25, -0.2) is 4.79 Å². The van der Waals surface area contributed by atoms with Gasteiger partial charge in [-0.3, -0.25) is 0 Å². The van der Waals surface area contributed by atoms with Crippen molar-refractivity contribution in [3.05, 3.63) is 29.8 Å². The Bertz CT molecular complexity index is 593. The van der Waals surface area contributed by atoms with E-state index >= 15 is 0 Å². The summed E-state index contributed by atoms with van der Waals surface area (Å²) >= 11 is 0. The highest BCUT2D eigenvalue weighted by Gasteiger charge is 2.41. The first-order valence-electron chi connectivity index (χ1n) is 8.59. The summed E-state index contributed by atoms with van der Waals surface area (Å²) in [5.41, 5.74) is 0.566. The van der Waals surface area contributed by atoms with E-state index in [0.717, 1.165) is 5.75 Å². The van der Waals surface area contributed by atoms with Crippen LogP contribution in [0.1, 0.15) is 51.9 Å². The van der Waals surface area contributed by atoms with Gasteiger partial charge in [-0.15, -0.1) is 0 Å². The summed E-state index contributed by atoms with van der Waals surface area (Å²) in [7, 11) is -4.05. The summed E-state index contributed by atoms with van der Waals surface area (Å²) in [5.74, 6) is 0.508. The van der Waals surface area contributed by atoms with Crippen molar-refractivity contribution < 1.29 is 13.6 Å². The predicted octanol–water partition coefficient (Wildman–Crippen LogP) is 6.23. The summed E-state index contributed by atoms with van der Waals surface area (Å²) in [6.07, 6.45) is 0. The Morgan fingerprint density at radius 3 is 1.83 bits per heavy atom. The van der Waals surface area contributed by atoms with E-state index in [2.05, 4.69) is 67.7 Å². The first-order valence-corrected chi connectivity index (χ1v) is 14.4. The van der Waals surface area contributed by atoms with Gasteiger partial charge in [0.15, 0.2) is 0 Å². The van der Waals surface area contributed by atoms with Crippen molar-refractivity contribution in [3.8, 4) is 5.75 Å². The fraction of sp³-hybridized carbons (Fsp3) is 0.632. The molecule has 0 aliphatic carbocycles. The topological polar surface area (TPSA) is 35.5 Å². The minimum Gasteiger partial charge on any atom is -0.543 e. The molecule has 0 spiro atoms. The molecule has 0 N–H and O–H groups in total. The van der Waals surface area contributed by atoms with E-state index in [9.17, 15) is 4.79 Å². The molecule has 0 heterocycles. The van der Waals surface area contributed by atoms with Crippen LogP contribution in [0, 0.1) is 0 Å². The quantitative estimate of drug-likeness (QED) is 0.592. The van der Waals surface area contributed by atoms with Gasteiger partial charge in [0.2, 0.25) is 8.32 Å². The van der Waals surface area contributed by atoms with E-state index in [1.54, 1.807) is 6.07 Å². The molecule has 24 heavy (non-hydrogen) atoms. The van der Waals surface area contributed by atoms with Crippen LogP contribution in [0.4, 0.5) is 0 Å². The smallest absolute Gasteiger partial charge is 0.324 e. The Labute approximate surface area is 150 Å². The summed E-state index contributed by atoms with van der Waals surface area (Å²) in [5, 5.41) is 0.114. The second kappa shape index (κ2) is 6.67. The van der Waals surface area contributed by atoms with Gasteiger partial charge in [-0.1, -0.05) is 47.6 Å². The van der Waals surface area contributed by atoms with Gasteiger partial charge in [0.05, 0.1) is 5.56 Å². The van der Waals surface area contributed by atoms with Gasteiger partial charge < -0.3 is 8.85 Å². The monoisotopic (exact) mass is 366 g/mol. The normalized spacial score (nSPS) is 13.6. The molecule has 0 radical (unpaired) electrons. The van der Waals surface area contributed by atoms with Crippen LogP contribution < -0.4 is 4.43 Å². The van der Waals surface area contributed by atoms with Crippen LogP contribution in [-0.2, 0) is 4.43 Å². The van der Waals surface area contributed by atoms with Crippen molar-refractivity contribution in [2.24, 2.45) is 0 Å². The molecule has 0 atom stereocenters. The van der Waals surface area contributed by atoms with E-state index in [0.29, 0.717) is 5.56 Å². The maximum Gasteiger partial charge on any atom is 0.324 e. The highest BCUT2D eigenvalue weighted by molar-refractivity contribution is 6.75. The van der Waals surface area contributed by atoms with Gasteiger partial charge in [0, 0.05) is 0 Å². The van der Waals surface area contributed by atoms with E-state index < -0.39 is 16.6 Å². The van der Waals surface area contributed by atoms with Crippen molar-refractivity contribution in [1.82, 2.24) is 0 Å². The maximum absolute atomic E-state index is 12.6. The van der Waals surface area contributed by atoms with Gasteiger partial charge >= 0.3 is 5.97 Å². The highest BCUT2D eigenvalue weighted by Crippen LogP contribution is 2.38. The van der Waals surface area contributed by atoms with Crippen LogP contribution in [0.2, 0.25) is 36.3 Å². The summed E-state index contributed by atoms with van der Waals surface area (Å²) < 4.78 is 12.2. The zero-order valence-corrected chi connectivity index (χ0v) is 19.0. The third-order valence-corrected chi connectivity index (χ3v) is 14.1. The molecular formula is C19H34O3Si2. The molecule has 0 saturated heterocycles. The average molecular weight is 367 g/mol. The molecule has 0 aliphatic rings. The lowest BCUT2D eigenvalue weighted by molar-refractivity contribution is 0.0712. The molecule has 0 aromatic heterocycles. The molecule has 0 fully saturated rings. The Hall–Kier alpha value is -1.08. The van der Waals surface area contributed by atoms with Crippen molar-refractivity contribution in [1.29, 1.82) is 0 Å². The van der Waals surface area contributed by atoms with E-state index in [4.69, 9.17) is 8.85 Å². The lowest BCUT2D eigenvalue weighted by atomic mass is 10.2. The predicted molar refractivity (Wildman–Crippen MR) is 107 cm³/mol. The fourth-order valence-corrected chi connectivity index (χ4v) is 3.49. The van der Waals surface area contributed by atoms with E-state index in [-0.39, 0.29) is 16.0 Å². The molecule has 0 saturated carbocycles. The number of hydrogen-bond acceptors (Lipinski definition) is 3. The fourth-order valence-electron chi connectivity index (χ4n) is 1.58. The number of carbonyl (C=O) groups is 1.